The third kappa shape index (κ3) is 1.95. The van der Waals surface area contributed by atoms with Gasteiger partial charge in [-0.15, -0.1) is 0 Å². The molecule has 2 aromatic rings. The number of fused-ring (bicyclic) bond motifs is 1. The Bertz CT molecular complexity index is 622. The molecule has 3 rings (SSSR count). The predicted molar refractivity (Wildman–Crippen MR) is 69.5 cm³/mol. The van der Waals surface area contributed by atoms with Crippen LogP contribution in [0.1, 0.15) is 24.0 Å². The third-order valence-corrected chi connectivity index (χ3v) is 3.56. The van der Waals surface area contributed by atoms with E-state index in [-0.39, 0.29) is 11.6 Å². The molecule has 4 nitrogen and oxygen atoms in total. The minimum Gasteiger partial charge on any atom is -0.496 e. The van der Waals surface area contributed by atoms with Crippen molar-refractivity contribution in [2.45, 2.75) is 25.7 Å². The van der Waals surface area contributed by atoms with Gasteiger partial charge in [-0.05, 0) is 37.3 Å². The Morgan fingerprint density at radius 1 is 1.26 bits per heavy atom. The molecule has 1 aromatic heterocycles. The number of rotatable bonds is 2. The zero-order valence-electron chi connectivity index (χ0n) is 10.7. The smallest absolute Gasteiger partial charge is 0.172 e. The molecule has 0 unspecified atom stereocenters. The first kappa shape index (κ1) is 12.0. The Hall–Kier alpha value is -2.04. The normalized spacial score (nSPS) is 14.2. The first-order valence-electron chi connectivity index (χ1n) is 6.31. The number of methoxy groups -OCH3 is 1. The first-order valence-corrected chi connectivity index (χ1v) is 6.31. The highest BCUT2D eigenvalue weighted by Gasteiger charge is 2.23. The summed E-state index contributed by atoms with van der Waals surface area (Å²) in [5.74, 6) is 1.04. The largest absolute Gasteiger partial charge is 0.496 e. The number of benzene rings is 1. The molecular formula is C14H15FN2O2. The Labute approximate surface area is 110 Å². The number of nitrogen functional groups attached to an aromatic ring is 1. The van der Waals surface area contributed by atoms with Crippen LogP contribution in [0.25, 0.3) is 11.3 Å². The lowest BCUT2D eigenvalue weighted by molar-refractivity contribution is 0.402. The number of aromatic nitrogens is 1. The summed E-state index contributed by atoms with van der Waals surface area (Å²) in [6.45, 7) is 0. The van der Waals surface area contributed by atoms with E-state index in [9.17, 15) is 4.39 Å². The van der Waals surface area contributed by atoms with Crippen LogP contribution in [-0.4, -0.2) is 12.3 Å². The van der Waals surface area contributed by atoms with E-state index in [2.05, 4.69) is 5.16 Å². The molecule has 1 heterocycles. The molecule has 1 aromatic carbocycles. The zero-order valence-corrected chi connectivity index (χ0v) is 10.7. The zero-order chi connectivity index (χ0) is 13.4. The molecule has 0 fully saturated rings. The van der Waals surface area contributed by atoms with Crippen molar-refractivity contribution < 1.29 is 13.7 Å². The van der Waals surface area contributed by atoms with Crippen LogP contribution >= 0.6 is 0 Å². The quantitative estimate of drug-likeness (QED) is 0.903. The number of halogens is 1. The molecule has 0 spiro atoms. The van der Waals surface area contributed by atoms with E-state index in [0.717, 1.165) is 36.8 Å². The van der Waals surface area contributed by atoms with Crippen LogP contribution in [0.2, 0.25) is 0 Å². The van der Waals surface area contributed by atoms with Gasteiger partial charge in [-0.25, -0.2) is 4.39 Å². The van der Waals surface area contributed by atoms with Crippen molar-refractivity contribution in [3.05, 3.63) is 29.1 Å². The molecule has 1 aliphatic rings. The van der Waals surface area contributed by atoms with Crippen molar-refractivity contribution in [3.63, 3.8) is 0 Å². The molecule has 0 atom stereocenters. The topological polar surface area (TPSA) is 61.3 Å². The van der Waals surface area contributed by atoms with Crippen LogP contribution in [0.5, 0.6) is 5.75 Å². The molecule has 0 saturated heterocycles. The van der Waals surface area contributed by atoms with Crippen molar-refractivity contribution in [1.82, 2.24) is 5.16 Å². The molecule has 19 heavy (non-hydrogen) atoms. The van der Waals surface area contributed by atoms with Crippen molar-refractivity contribution in [1.29, 1.82) is 0 Å². The predicted octanol–water partition coefficient (Wildman–Crippen LogP) is 2.95. The molecular weight excluding hydrogens is 247 g/mol. The average Bonchev–Trinajstić information content (AvgIpc) is 2.86. The number of hydrogen-bond acceptors (Lipinski definition) is 4. The molecule has 0 amide bonds. The summed E-state index contributed by atoms with van der Waals surface area (Å²) in [6, 6.07) is 3.19. The lowest BCUT2D eigenvalue weighted by Gasteiger charge is -2.20. The van der Waals surface area contributed by atoms with Gasteiger partial charge in [-0.2, -0.15) is 0 Å². The van der Waals surface area contributed by atoms with E-state index >= 15 is 0 Å². The molecule has 0 bridgehead atoms. The Kier molecular flexibility index (Phi) is 2.89. The van der Waals surface area contributed by atoms with Gasteiger partial charge in [-0.3, -0.25) is 0 Å². The maximum Gasteiger partial charge on any atom is 0.172 e. The lowest BCUT2D eigenvalue weighted by Crippen LogP contribution is -2.08. The van der Waals surface area contributed by atoms with Gasteiger partial charge in [0.05, 0.1) is 12.7 Å². The second-order valence-corrected chi connectivity index (χ2v) is 4.72. The van der Waals surface area contributed by atoms with E-state index in [1.54, 1.807) is 13.2 Å². The molecule has 2 N–H and O–H groups in total. The number of hydrogen-bond donors (Lipinski definition) is 1. The van der Waals surface area contributed by atoms with Crippen LogP contribution in [0.15, 0.2) is 16.7 Å². The van der Waals surface area contributed by atoms with Gasteiger partial charge >= 0.3 is 0 Å². The summed E-state index contributed by atoms with van der Waals surface area (Å²) in [5.41, 5.74) is 7.59. The van der Waals surface area contributed by atoms with Crippen molar-refractivity contribution in [2.24, 2.45) is 0 Å². The highest BCUT2D eigenvalue weighted by Crippen LogP contribution is 2.38. The van der Waals surface area contributed by atoms with Crippen LogP contribution in [-0.2, 0) is 12.8 Å². The molecule has 0 radical (unpaired) electrons. The fourth-order valence-corrected chi connectivity index (χ4v) is 2.64. The third-order valence-electron chi connectivity index (χ3n) is 3.56. The number of nitrogens with two attached hydrogens (primary N) is 1. The molecule has 5 heteroatoms. The molecule has 1 aliphatic carbocycles. The average molecular weight is 262 g/mol. The van der Waals surface area contributed by atoms with Crippen LogP contribution < -0.4 is 10.5 Å². The monoisotopic (exact) mass is 262 g/mol. The van der Waals surface area contributed by atoms with Crippen molar-refractivity contribution in [3.8, 4) is 17.1 Å². The van der Waals surface area contributed by atoms with Gasteiger partial charge < -0.3 is 15.0 Å². The highest BCUT2D eigenvalue weighted by atomic mass is 19.1. The Morgan fingerprint density at radius 3 is 2.63 bits per heavy atom. The molecule has 0 aliphatic heterocycles. The van der Waals surface area contributed by atoms with Gasteiger partial charge in [0.1, 0.15) is 11.6 Å². The Balaban J connectivity index is 2.20. The summed E-state index contributed by atoms with van der Waals surface area (Å²) in [5, 5.41) is 3.60. The van der Waals surface area contributed by atoms with E-state index in [0.29, 0.717) is 17.1 Å². The summed E-state index contributed by atoms with van der Waals surface area (Å²) >= 11 is 0. The summed E-state index contributed by atoms with van der Waals surface area (Å²) in [7, 11) is 1.60. The number of ether oxygens (including phenoxy) is 1. The van der Waals surface area contributed by atoms with Gasteiger partial charge in [0.15, 0.2) is 11.6 Å². The minimum atomic E-state index is -0.244. The minimum absolute atomic E-state index is 0.242. The summed E-state index contributed by atoms with van der Waals surface area (Å²) in [6.07, 6.45) is 3.65. The maximum atomic E-state index is 14.6. The number of nitrogens with zero attached hydrogens (tertiary/aromatic N) is 1. The maximum absolute atomic E-state index is 14.6. The number of anilines is 1. The Morgan fingerprint density at radius 2 is 2.00 bits per heavy atom. The van der Waals surface area contributed by atoms with E-state index in [1.165, 1.54) is 6.07 Å². The van der Waals surface area contributed by atoms with Crippen LogP contribution in [0.3, 0.4) is 0 Å². The van der Waals surface area contributed by atoms with E-state index in [4.69, 9.17) is 15.0 Å². The molecule has 100 valence electrons. The summed E-state index contributed by atoms with van der Waals surface area (Å²) in [4.78, 5) is 0. The molecule has 0 saturated carbocycles. The van der Waals surface area contributed by atoms with E-state index in [1.807, 2.05) is 0 Å². The fourth-order valence-electron chi connectivity index (χ4n) is 2.64. The second kappa shape index (κ2) is 4.57. The first-order chi connectivity index (χ1) is 9.20. The fraction of sp³-hybridized carbons (Fsp3) is 0.357. The van der Waals surface area contributed by atoms with Crippen LogP contribution in [0.4, 0.5) is 10.2 Å². The van der Waals surface area contributed by atoms with E-state index < -0.39 is 0 Å². The highest BCUT2D eigenvalue weighted by molar-refractivity contribution is 5.66. The standard InChI is InChI=1S/C14H15FN2O2/c1-18-11-6-10(12-7-13(16)17-19-12)14(15)9-5-3-2-4-8(9)11/h6-7H,2-5H2,1H3,(H2,16,17). The van der Waals surface area contributed by atoms with Gasteiger partial charge in [-0.1, -0.05) is 5.16 Å². The lowest BCUT2D eigenvalue weighted by atomic mass is 9.88. The van der Waals surface area contributed by atoms with Gasteiger partial charge in [0.2, 0.25) is 0 Å². The van der Waals surface area contributed by atoms with Crippen molar-refractivity contribution >= 4 is 5.82 Å². The summed E-state index contributed by atoms with van der Waals surface area (Å²) < 4.78 is 25.0. The van der Waals surface area contributed by atoms with Crippen LogP contribution in [0, 0.1) is 5.82 Å². The van der Waals surface area contributed by atoms with Crippen molar-refractivity contribution in [2.75, 3.05) is 12.8 Å². The SMILES string of the molecule is COc1cc(-c2cc(N)no2)c(F)c2c1CCCC2. The van der Waals surface area contributed by atoms with Gasteiger partial charge in [0, 0.05) is 11.6 Å². The second-order valence-electron chi connectivity index (χ2n) is 4.72. The van der Waals surface area contributed by atoms with Gasteiger partial charge in [0.25, 0.3) is 0 Å².